The van der Waals surface area contributed by atoms with Crippen LogP contribution in [0.3, 0.4) is 0 Å². The third-order valence-electron chi connectivity index (χ3n) is 2.33. The fraction of sp³-hybridized carbons (Fsp3) is 0.167. The van der Waals surface area contributed by atoms with E-state index in [4.69, 9.17) is 0 Å². The first kappa shape index (κ1) is 13.8. The summed E-state index contributed by atoms with van der Waals surface area (Å²) in [6.07, 6.45) is 0.851. The summed E-state index contributed by atoms with van der Waals surface area (Å²) in [7, 11) is -3.45. The zero-order chi connectivity index (χ0) is 13.2. The molecule has 1 N–H and O–H groups in total. The molecule has 0 saturated carbocycles. The zero-order valence-electron chi connectivity index (χ0n) is 9.68. The van der Waals surface area contributed by atoms with Crippen molar-refractivity contribution >= 4 is 49.6 Å². The molecule has 0 fully saturated rings. The molecule has 2 aromatic rings. The molecule has 0 bridgehead atoms. The molecule has 0 unspecified atom stereocenters. The van der Waals surface area contributed by atoms with Crippen LogP contribution in [0, 0.1) is 3.57 Å². The van der Waals surface area contributed by atoms with Gasteiger partial charge in [-0.05, 0) is 59.3 Å². The van der Waals surface area contributed by atoms with E-state index in [1.165, 1.54) is 11.3 Å². The smallest absolute Gasteiger partial charge is 0.271 e. The number of rotatable bonds is 4. The van der Waals surface area contributed by atoms with Crippen LogP contribution in [-0.2, 0) is 16.4 Å². The maximum Gasteiger partial charge on any atom is 0.271 e. The molecule has 1 aromatic heterocycles. The van der Waals surface area contributed by atoms with Crippen LogP contribution in [0.1, 0.15) is 11.8 Å². The molecule has 0 saturated heterocycles. The van der Waals surface area contributed by atoms with Crippen molar-refractivity contribution in [3.8, 4) is 0 Å². The molecule has 0 aliphatic rings. The van der Waals surface area contributed by atoms with Crippen LogP contribution >= 0.6 is 33.9 Å². The van der Waals surface area contributed by atoms with E-state index in [0.29, 0.717) is 9.90 Å². The van der Waals surface area contributed by atoms with Crippen molar-refractivity contribution in [2.24, 2.45) is 0 Å². The Morgan fingerprint density at radius 3 is 2.67 bits per heavy atom. The summed E-state index contributed by atoms with van der Waals surface area (Å²) < 4.78 is 28.2. The molecule has 6 heteroatoms. The van der Waals surface area contributed by atoms with Gasteiger partial charge < -0.3 is 0 Å². The second-order valence-corrected chi connectivity index (χ2v) is 8.01. The van der Waals surface area contributed by atoms with Gasteiger partial charge in [0.1, 0.15) is 4.21 Å². The summed E-state index contributed by atoms with van der Waals surface area (Å²) in [4.78, 5) is 1.07. The molecule has 0 atom stereocenters. The molecule has 0 amide bonds. The SMILES string of the molecule is CCc1ccc(S(=O)(=O)Nc2cccc(I)c2)s1. The van der Waals surface area contributed by atoms with Gasteiger partial charge in [0.2, 0.25) is 0 Å². The number of halogens is 1. The standard InChI is InChI=1S/C12H12INO2S2/c1-2-11-6-7-12(17-11)18(15,16)14-10-5-3-4-9(13)8-10/h3-8,14H,2H2,1H3. The van der Waals surface area contributed by atoms with Crippen LogP contribution < -0.4 is 4.72 Å². The fourth-order valence-corrected chi connectivity index (χ4v) is 4.34. The third kappa shape index (κ3) is 3.24. The number of nitrogens with one attached hydrogen (secondary N) is 1. The average Bonchev–Trinajstić information content (AvgIpc) is 2.77. The van der Waals surface area contributed by atoms with Gasteiger partial charge in [0, 0.05) is 14.1 Å². The number of sulfonamides is 1. The quantitative estimate of drug-likeness (QED) is 0.805. The Bertz CT molecular complexity index is 650. The zero-order valence-corrected chi connectivity index (χ0v) is 13.5. The maximum atomic E-state index is 12.1. The van der Waals surface area contributed by atoms with E-state index in [2.05, 4.69) is 27.3 Å². The summed E-state index contributed by atoms with van der Waals surface area (Å²) >= 11 is 3.46. The van der Waals surface area contributed by atoms with Gasteiger partial charge in [-0.3, -0.25) is 4.72 Å². The Labute approximate surface area is 124 Å². The second kappa shape index (κ2) is 5.58. The number of aryl methyl sites for hydroxylation is 1. The monoisotopic (exact) mass is 393 g/mol. The van der Waals surface area contributed by atoms with Crippen LogP contribution in [0.2, 0.25) is 0 Å². The molecule has 0 radical (unpaired) electrons. The Morgan fingerprint density at radius 2 is 2.06 bits per heavy atom. The minimum atomic E-state index is -3.45. The van der Waals surface area contributed by atoms with Crippen LogP contribution in [-0.4, -0.2) is 8.42 Å². The highest BCUT2D eigenvalue weighted by Gasteiger charge is 2.16. The Kier molecular flexibility index (Phi) is 4.29. The Balaban J connectivity index is 2.27. The molecule has 0 spiro atoms. The molecular formula is C12H12INO2S2. The average molecular weight is 393 g/mol. The largest absolute Gasteiger partial charge is 0.279 e. The van der Waals surface area contributed by atoms with Crippen molar-refractivity contribution < 1.29 is 8.42 Å². The molecular weight excluding hydrogens is 381 g/mol. The van der Waals surface area contributed by atoms with Crippen molar-refractivity contribution in [2.45, 2.75) is 17.6 Å². The lowest BCUT2D eigenvalue weighted by atomic mass is 10.3. The van der Waals surface area contributed by atoms with Gasteiger partial charge in [0.05, 0.1) is 0 Å². The predicted octanol–water partition coefficient (Wildman–Crippen LogP) is 3.72. The maximum absolute atomic E-state index is 12.1. The highest BCUT2D eigenvalue weighted by molar-refractivity contribution is 14.1. The summed E-state index contributed by atoms with van der Waals surface area (Å²) in [5, 5.41) is 0. The first-order valence-electron chi connectivity index (χ1n) is 5.38. The van der Waals surface area contributed by atoms with E-state index in [1.807, 2.05) is 25.1 Å². The van der Waals surface area contributed by atoms with E-state index in [9.17, 15) is 8.42 Å². The van der Waals surface area contributed by atoms with Crippen molar-refractivity contribution in [1.29, 1.82) is 0 Å². The second-order valence-electron chi connectivity index (χ2n) is 3.69. The summed E-state index contributed by atoms with van der Waals surface area (Å²) in [5.74, 6) is 0. The fourth-order valence-electron chi connectivity index (χ4n) is 1.45. The number of thiophene rings is 1. The van der Waals surface area contributed by atoms with Gasteiger partial charge in [-0.25, -0.2) is 8.42 Å². The Hall–Kier alpha value is -0.600. The van der Waals surface area contributed by atoms with Crippen molar-refractivity contribution in [1.82, 2.24) is 0 Å². The molecule has 3 nitrogen and oxygen atoms in total. The van der Waals surface area contributed by atoms with Crippen molar-refractivity contribution in [2.75, 3.05) is 4.72 Å². The van der Waals surface area contributed by atoms with Crippen LogP contribution in [0.5, 0.6) is 0 Å². The van der Waals surface area contributed by atoms with Gasteiger partial charge in [0.25, 0.3) is 10.0 Å². The van der Waals surface area contributed by atoms with Gasteiger partial charge in [-0.1, -0.05) is 13.0 Å². The number of hydrogen-bond donors (Lipinski definition) is 1. The third-order valence-corrected chi connectivity index (χ3v) is 6.10. The first-order valence-corrected chi connectivity index (χ1v) is 8.76. The summed E-state index contributed by atoms with van der Waals surface area (Å²) in [6.45, 7) is 2.01. The van der Waals surface area contributed by atoms with E-state index in [1.54, 1.807) is 18.2 Å². The van der Waals surface area contributed by atoms with Crippen molar-refractivity contribution in [3.05, 3.63) is 44.8 Å². The van der Waals surface area contributed by atoms with Gasteiger partial charge in [-0.15, -0.1) is 11.3 Å². The molecule has 2 rings (SSSR count). The predicted molar refractivity (Wildman–Crippen MR) is 83.7 cm³/mol. The summed E-state index contributed by atoms with van der Waals surface area (Å²) in [6, 6.07) is 10.8. The van der Waals surface area contributed by atoms with Crippen LogP contribution in [0.25, 0.3) is 0 Å². The minimum Gasteiger partial charge on any atom is -0.279 e. The molecule has 1 heterocycles. The molecule has 0 aliphatic heterocycles. The lowest BCUT2D eigenvalue weighted by molar-refractivity contribution is 0.603. The van der Waals surface area contributed by atoms with Crippen LogP contribution in [0.4, 0.5) is 5.69 Å². The van der Waals surface area contributed by atoms with Gasteiger partial charge in [0.15, 0.2) is 0 Å². The Morgan fingerprint density at radius 1 is 1.28 bits per heavy atom. The van der Waals surface area contributed by atoms with Gasteiger partial charge in [-0.2, -0.15) is 0 Å². The van der Waals surface area contributed by atoms with Crippen molar-refractivity contribution in [3.63, 3.8) is 0 Å². The lowest BCUT2D eigenvalue weighted by Crippen LogP contribution is -2.11. The van der Waals surface area contributed by atoms with E-state index in [-0.39, 0.29) is 0 Å². The highest BCUT2D eigenvalue weighted by atomic mass is 127. The van der Waals surface area contributed by atoms with E-state index in [0.717, 1.165) is 14.9 Å². The van der Waals surface area contributed by atoms with E-state index < -0.39 is 10.0 Å². The molecule has 18 heavy (non-hydrogen) atoms. The molecule has 1 aromatic carbocycles. The minimum absolute atomic E-state index is 0.359. The van der Waals surface area contributed by atoms with Crippen LogP contribution in [0.15, 0.2) is 40.6 Å². The molecule has 0 aliphatic carbocycles. The van der Waals surface area contributed by atoms with E-state index >= 15 is 0 Å². The summed E-state index contributed by atoms with van der Waals surface area (Å²) in [5.41, 5.74) is 0.591. The normalized spacial score (nSPS) is 11.4. The number of anilines is 1. The number of benzene rings is 1. The highest BCUT2D eigenvalue weighted by Crippen LogP contribution is 2.24. The topological polar surface area (TPSA) is 46.2 Å². The van der Waals surface area contributed by atoms with Gasteiger partial charge >= 0.3 is 0 Å². The number of hydrogen-bond acceptors (Lipinski definition) is 3. The molecule has 96 valence electrons. The lowest BCUT2D eigenvalue weighted by Gasteiger charge is -2.06. The first-order chi connectivity index (χ1) is 8.51.